The summed E-state index contributed by atoms with van der Waals surface area (Å²) in [6.07, 6.45) is 0.670. The number of alkyl halides is 1. The number of halogens is 1. The molecule has 0 atom stereocenters. The van der Waals surface area contributed by atoms with E-state index < -0.39 is 6.16 Å². The largest absolute Gasteiger partial charge is 0.503 e. The highest BCUT2D eigenvalue weighted by atomic mass is 35.5. The zero-order valence-corrected chi connectivity index (χ0v) is 4.93. The van der Waals surface area contributed by atoms with E-state index in [0.717, 1.165) is 0 Å². The third-order valence-electron chi connectivity index (χ3n) is 0.507. The number of hydrogen-bond donors (Lipinski definition) is 2. The maximum Gasteiger partial charge on any atom is 0.503 e. The molecule has 0 aromatic rings. The predicted molar refractivity (Wildman–Crippen MR) is 29.5 cm³/mol. The molecule has 2 N–H and O–H groups in total. The summed E-state index contributed by atoms with van der Waals surface area (Å²) in [6, 6.07) is 0. The van der Waals surface area contributed by atoms with E-state index in [0.29, 0.717) is 5.38 Å². The highest BCUT2D eigenvalue weighted by Crippen LogP contribution is 2.25. The lowest BCUT2D eigenvalue weighted by Gasteiger charge is -1.60. The third kappa shape index (κ3) is 17.6. The molecule has 4 heteroatoms. The highest BCUT2D eigenvalue weighted by molar-refractivity contribution is 6.22. The number of carbonyl (C=O) groups is 1. The number of rotatable bonds is 0. The van der Waals surface area contributed by atoms with Crippen molar-refractivity contribution in [2.24, 2.45) is 0 Å². The Kier molecular flexibility index (Phi) is 3.35. The van der Waals surface area contributed by atoms with Gasteiger partial charge in [-0.1, -0.05) is 0 Å². The average Bonchev–Trinajstić information content (AvgIpc) is 2.19. The van der Waals surface area contributed by atoms with E-state index in [9.17, 15) is 0 Å². The molecule has 48 valence electrons. The van der Waals surface area contributed by atoms with Gasteiger partial charge in [-0.3, -0.25) is 0 Å². The Morgan fingerprint density at radius 2 is 1.62 bits per heavy atom. The lowest BCUT2D eigenvalue weighted by molar-refractivity contribution is 0.137. The van der Waals surface area contributed by atoms with Crippen LogP contribution in [0.2, 0.25) is 0 Å². The second-order valence-corrected chi connectivity index (χ2v) is 2.07. The first-order chi connectivity index (χ1) is 3.63. The molecule has 0 saturated heterocycles. The van der Waals surface area contributed by atoms with Gasteiger partial charge in [-0.05, 0) is 12.8 Å². The van der Waals surface area contributed by atoms with Crippen LogP contribution >= 0.6 is 11.6 Å². The van der Waals surface area contributed by atoms with Crippen LogP contribution in [0, 0.1) is 0 Å². The van der Waals surface area contributed by atoms with E-state index >= 15 is 0 Å². The van der Waals surface area contributed by atoms with E-state index in [-0.39, 0.29) is 0 Å². The maximum absolute atomic E-state index is 8.56. The normalized spacial score (nSPS) is 16.1. The van der Waals surface area contributed by atoms with Gasteiger partial charge in [0.2, 0.25) is 0 Å². The molecule has 1 aliphatic rings. The Labute approximate surface area is 51.9 Å². The second-order valence-electron chi connectivity index (χ2n) is 1.46. The Balaban J connectivity index is 0.000000122. The van der Waals surface area contributed by atoms with Crippen molar-refractivity contribution >= 4 is 17.8 Å². The minimum absolute atomic E-state index is 0.556. The molecule has 0 aromatic heterocycles. The first kappa shape index (κ1) is 7.56. The Morgan fingerprint density at radius 1 is 1.50 bits per heavy atom. The molecule has 8 heavy (non-hydrogen) atoms. The van der Waals surface area contributed by atoms with E-state index in [4.69, 9.17) is 26.6 Å². The Bertz CT molecular complexity index is 75.4. The van der Waals surface area contributed by atoms with Gasteiger partial charge in [-0.15, -0.1) is 11.6 Å². The molecule has 1 rings (SSSR count). The summed E-state index contributed by atoms with van der Waals surface area (Å²) in [5.41, 5.74) is 0. The summed E-state index contributed by atoms with van der Waals surface area (Å²) in [4.78, 5) is 8.56. The molecule has 1 fully saturated rings. The summed E-state index contributed by atoms with van der Waals surface area (Å²) in [6.45, 7) is 0. The van der Waals surface area contributed by atoms with Crippen LogP contribution in [0.4, 0.5) is 4.79 Å². The van der Waals surface area contributed by atoms with Gasteiger partial charge in [0.1, 0.15) is 0 Å². The van der Waals surface area contributed by atoms with E-state index in [1.807, 2.05) is 0 Å². The summed E-state index contributed by atoms with van der Waals surface area (Å²) >= 11 is 5.39. The van der Waals surface area contributed by atoms with Gasteiger partial charge >= 0.3 is 6.16 Å². The molecule has 0 unspecified atom stereocenters. The molecule has 0 radical (unpaired) electrons. The topological polar surface area (TPSA) is 57.5 Å². The SMILES string of the molecule is ClC1CC1.O=C(O)O. The van der Waals surface area contributed by atoms with Gasteiger partial charge in [0.25, 0.3) is 0 Å². The van der Waals surface area contributed by atoms with Crippen LogP contribution in [0.1, 0.15) is 12.8 Å². The second kappa shape index (κ2) is 3.55. The van der Waals surface area contributed by atoms with Crippen molar-refractivity contribution in [3.05, 3.63) is 0 Å². The van der Waals surface area contributed by atoms with Crippen LogP contribution in [-0.2, 0) is 0 Å². The van der Waals surface area contributed by atoms with Crippen molar-refractivity contribution < 1.29 is 15.0 Å². The molecule has 1 saturated carbocycles. The van der Waals surface area contributed by atoms with Crippen molar-refractivity contribution in [1.82, 2.24) is 0 Å². The minimum Gasteiger partial charge on any atom is -0.450 e. The fourth-order valence-electron chi connectivity index (χ4n) is 0.0630. The lowest BCUT2D eigenvalue weighted by Crippen LogP contribution is -1.81. The fourth-order valence-corrected chi connectivity index (χ4v) is 0.189. The van der Waals surface area contributed by atoms with E-state index in [1.165, 1.54) is 12.8 Å². The molecule has 0 bridgehead atoms. The first-order valence-electron chi connectivity index (χ1n) is 2.19. The average molecular weight is 139 g/mol. The summed E-state index contributed by atoms with van der Waals surface area (Å²) in [7, 11) is 0. The highest BCUT2D eigenvalue weighted by Gasteiger charge is 2.15. The van der Waals surface area contributed by atoms with Crippen LogP contribution in [0.5, 0.6) is 0 Å². The van der Waals surface area contributed by atoms with Gasteiger partial charge in [-0.25, -0.2) is 4.79 Å². The van der Waals surface area contributed by atoms with Gasteiger partial charge in [0, 0.05) is 5.38 Å². The summed E-state index contributed by atoms with van der Waals surface area (Å²) in [5, 5.41) is 14.5. The first-order valence-corrected chi connectivity index (χ1v) is 2.62. The van der Waals surface area contributed by atoms with Crippen molar-refractivity contribution in [2.45, 2.75) is 18.2 Å². The Hall–Kier alpha value is -0.440. The smallest absolute Gasteiger partial charge is 0.450 e. The van der Waals surface area contributed by atoms with Crippen LogP contribution in [0.15, 0.2) is 0 Å². The van der Waals surface area contributed by atoms with Crippen molar-refractivity contribution in [3.8, 4) is 0 Å². The van der Waals surface area contributed by atoms with Crippen LogP contribution in [-0.4, -0.2) is 21.7 Å². The number of carboxylic acid groups (broad SMARTS) is 2. The molecular formula is C4H7ClO3. The van der Waals surface area contributed by atoms with E-state index in [2.05, 4.69) is 0 Å². The summed E-state index contributed by atoms with van der Waals surface area (Å²) < 4.78 is 0. The molecule has 3 nitrogen and oxygen atoms in total. The third-order valence-corrected chi connectivity index (χ3v) is 0.943. The van der Waals surface area contributed by atoms with Crippen molar-refractivity contribution in [1.29, 1.82) is 0 Å². The molecule has 0 heterocycles. The van der Waals surface area contributed by atoms with Crippen molar-refractivity contribution in [2.75, 3.05) is 0 Å². The van der Waals surface area contributed by atoms with Gasteiger partial charge in [-0.2, -0.15) is 0 Å². The van der Waals surface area contributed by atoms with Gasteiger partial charge in [0.05, 0.1) is 0 Å². The van der Waals surface area contributed by atoms with Crippen LogP contribution < -0.4 is 0 Å². The molecule has 0 amide bonds. The lowest BCUT2D eigenvalue weighted by atomic mass is 11.0. The summed E-state index contributed by atoms with van der Waals surface area (Å²) in [5.74, 6) is 0. The zero-order chi connectivity index (χ0) is 6.57. The monoisotopic (exact) mass is 138 g/mol. The minimum atomic E-state index is -1.83. The van der Waals surface area contributed by atoms with E-state index in [1.54, 1.807) is 0 Å². The molecule has 0 spiro atoms. The predicted octanol–water partition coefficient (Wildman–Crippen LogP) is 1.61. The van der Waals surface area contributed by atoms with Gasteiger partial charge in [0.15, 0.2) is 0 Å². The van der Waals surface area contributed by atoms with Crippen LogP contribution in [0.25, 0.3) is 0 Å². The fraction of sp³-hybridized carbons (Fsp3) is 0.750. The Morgan fingerprint density at radius 3 is 1.62 bits per heavy atom. The number of hydrogen-bond acceptors (Lipinski definition) is 1. The van der Waals surface area contributed by atoms with Gasteiger partial charge < -0.3 is 10.2 Å². The molecule has 0 aliphatic heterocycles. The standard InChI is InChI=1S/C3H5Cl.CH2O3/c4-3-1-2-3;2-1(3)4/h3H,1-2H2;(H2,2,3,4). The molecule has 0 aromatic carbocycles. The van der Waals surface area contributed by atoms with Crippen LogP contribution in [0.3, 0.4) is 0 Å². The van der Waals surface area contributed by atoms with Crippen molar-refractivity contribution in [3.63, 3.8) is 0 Å². The molecule has 1 aliphatic carbocycles. The zero-order valence-electron chi connectivity index (χ0n) is 4.17. The molecular weight excluding hydrogens is 131 g/mol. The quantitative estimate of drug-likeness (QED) is 0.500. The maximum atomic E-state index is 8.56.